The van der Waals surface area contributed by atoms with Crippen LogP contribution >= 0.6 is 0 Å². The number of hydrogen-bond acceptors (Lipinski definition) is 8. The molecular weight excluding hydrogens is 416 g/mol. The SMILES string of the molecule is Cc1cc(-c2ccncc2)cc(C)c1Oc1nc(Nc2ccc(C#N)cc2)nc2nn[nH]c12. The highest BCUT2D eigenvalue weighted by molar-refractivity contribution is 5.77. The Morgan fingerprint density at radius 2 is 1.67 bits per heavy atom. The number of ether oxygens (including phenoxy) is 1. The number of nitrogens with zero attached hydrogens (tertiary/aromatic N) is 6. The minimum atomic E-state index is 0.305. The van der Waals surface area contributed by atoms with Crippen LogP contribution in [0.25, 0.3) is 22.3 Å². The Labute approximate surface area is 189 Å². The second-order valence-corrected chi connectivity index (χ2v) is 7.45. The predicted octanol–water partition coefficient (Wildman–Crippen LogP) is 4.83. The van der Waals surface area contributed by atoms with Crippen LogP contribution in [0.1, 0.15) is 16.7 Å². The van der Waals surface area contributed by atoms with Crippen molar-refractivity contribution in [1.82, 2.24) is 30.4 Å². The highest BCUT2D eigenvalue weighted by Crippen LogP contribution is 2.34. The maximum Gasteiger partial charge on any atom is 0.252 e. The van der Waals surface area contributed by atoms with Gasteiger partial charge < -0.3 is 10.1 Å². The lowest BCUT2D eigenvalue weighted by Crippen LogP contribution is -2.01. The van der Waals surface area contributed by atoms with E-state index >= 15 is 0 Å². The van der Waals surface area contributed by atoms with Gasteiger partial charge in [0.25, 0.3) is 5.88 Å². The zero-order valence-electron chi connectivity index (χ0n) is 17.9. The molecule has 0 fully saturated rings. The first-order chi connectivity index (χ1) is 16.1. The molecular formula is C24H18N8O. The Hall–Kier alpha value is -4.84. The molecule has 2 N–H and O–H groups in total. The fourth-order valence-corrected chi connectivity index (χ4v) is 3.53. The smallest absolute Gasteiger partial charge is 0.252 e. The second-order valence-electron chi connectivity index (χ2n) is 7.45. The Balaban J connectivity index is 1.50. The molecule has 0 aliphatic heterocycles. The molecule has 2 aromatic carbocycles. The van der Waals surface area contributed by atoms with Gasteiger partial charge in [-0.15, -0.1) is 5.10 Å². The third kappa shape index (κ3) is 4.05. The van der Waals surface area contributed by atoms with Crippen LogP contribution in [0.2, 0.25) is 0 Å². The van der Waals surface area contributed by atoms with Crippen LogP contribution in [-0.2, 0) is 0 Å². The molecule has 0 atom stereocenters. The molecule has 0 aliphatic rings. The largest absolute Gasteiger partial charge is 0.436 e. The van der Waals surface area contributed by atoms with Gasteiger partial charge in [0, 0.05) is 18.1 Å². The van der Waals surface area contributed by atoms with Gasteiger partial charge in [0.2, 0.25) is 11.6 Å². The number of hydrogen-bond donors (Lipinski definition) is 2. The van der Waals surface area contributed by atoms with Crippen molar-refractivity contribution >= 4 is 22.8 Å². The first-order valence-corrected chi connectivity index (χ1v) is 10.2. The third-order valence-corrected chi connectivity index (χ3v) is 5.11. The van der Waals surface area contributed by atoms with Crippen molar-refractivity contribution in [3.05, 3.63) is 77.6 Å². The summed E-state index contributed by atoms with van der Waals surface area (Å²) in [4.78, 5) is 13.0. The van der Waals surface area contributed by atoms with Gasteiger partial charge in [-0.25, -0.2) is 0 Å². The number of pyridine rings is 1. The Bertz CT molecular complexity index is 1460. The van der Waals surface area contributed by atoms with Crippen LogP contribution in [0, 0.1) is 25.2 Å². The van der Waals surface area contributed by atoms with Gasteiger partial charge in [-0.2, -0.15) is 15.2 Å². The predicted molar refractivity (Wildman–Crippen MR) is 123 cm³/mol. The van der Waals surface area contributed by atoms with Gasteiger partial charge in [-0.05, 0) is 84.6 Å². The van der Waals surface area contributed by atoms with Gasteiger partial charge in [0.1, 0.15) is 5.75 Å². The molecule has 160 valence electrons. The van der Waals surface area contributed by atoms with E-state index in [9.17, 15) is 0 Å². The molecule has 0 bridgehead atoms. The Morgan fingerprint density at radius 1 is 0.939 bits per heavy atom. The van der Waals surface area contributed by atoms with Crippen LogP contribution in [-0.4, -0.2) is 30.4 Å². The number of aryl methyl sites for hydroxylation is 2. The molecule has 0 saturated heterocycles. The number of anilines is 2. The monoisotopic (exact) mass is 434 g/mol. The van der Waals surface area contributed by atoms with Crippen LogP contribution in [0.3, 0.4) is 0 Å². The topological polar surface area (TPSA) is 125 Å². The number of nitrogens with one attached hydrogen (secondary N) is 2. The molecule has 0 spiro atoms. The minimum absolute atomic E-state index is 0.305. The van der Waals surface area contributed by atoms with E-state index in [1.807, 2.05) is 26.0 Å². The summed E-state index contributed by atoms with van der Waals surface area (Å²) >= 11 is 0. The first-order valence-electron chi connectivity index (χ1n) is 10.2. The molecule has 9 nitrogen and oxygen atoms in total. The molecule has 0 aliphatic carbocycles. The van der Waals surface area contributed by atoms with Crippen molar-refractivity contribution in [2.24, 2.45) is 0 Å². The molecule has 5 rings (SSSR count). The molecule has 0 amide bonds. The minimum Gasteiger partial charge on any atom is -0.436 e. The Kier molecular flexibility index (Phi) is 5.09. The first kappa shape index (κ1) is 20.1. The molecule has 0 unspecified atom stereocenters. The van der Waals surface area contributed by atoms with Crippen LogP contribution in [0.5, 0.6) is 11.6 Å². The molecule has 9 heteroatoms. The van der Waals surface area contributed by atoms with Crippen molar-refractivity contribution in [1.29, 1.82) is 5.26 Å². The van der Waals surface area contributed by atoms with Crippen LogP contribution in [0.15, 0.2) is 60.9 Å². The summed E-state index contributed by atoms with van der Waals surface area (Å²) in [7, 11) is 0. The number of aromatic amines is 1. The lowest BCUT2D eigenvalue weighted by Gasteiger charge is -2.14. The zero-order valence-corrected chi connectivity index (χ0v) is 17.9. The van der Waals surface area contributed by atoms with E-state index in [4.69, 9.17) is 10.00 Å². The number of rotatable bonds is 5. The summed E-state index contributed by atoms with van der Waals surface area (Å²) in [5, 5.41) is 22.8. The van der Waals surface area contributed by atoms with E-state index in [1.54, 1.807) is 36.7 Å². The summed E-state index contributed by atoms with van der Waals surface area (Å²) in [6, 6.07) is 17.2. The van der Waals surface area contributed by atoms with Crippen molar-refractivity contribution in [2.45, 2.75) is 13.8 Å². The summed E-state index contributed by atoms with van der Waals surface area (Å²) in [6.45, 7) is 3.99. The number of fused-ring (bicyclic) bond motifs is 1. The highest BCUT2D eigenvalue weighted by Gasteiger charge is 2.16. The van der Waals surface area contributed by atoms with E-state index in [1.165, 1.54) is 0 Å². The van der Waals surface area contributed by atoms with Crippen molar-refractivity contribution < 1.29 is 4.74 Å². The van der Waals surface area contributed by atoms with E-state index in [0.717, 1.165) is 27.9 Å². The van der Waals surface area contributed by atoms with Gasteiger partial charge in [-0.3, -0.25) is 10.1 Å². The lowest BCUT2D eigenvalue weighted by molar-refractivity contribution is 0.461. The standard InChI is InChI=1S/C24H18N8O/c1-14-11-18(17-7-9-26-10-8-17)12-15(2)21(14)33-23-20-22(31-32-30-20)28-24(29-23)27-19-5-3-16(13-25)4-6-19/h3-12H,1-2H3,(H2,27,28,29,30,31,32). The highest BCUT2D eigenvalue weighted by atomic mass is 16.5. The fraction of sp³-hybridized carbons (Fsp3) is 0.0833. The van der Waals surface area contributed by atoms with Gasteiger partial charge in [0.15, 0.2) is 5.52 Å². The van der Waals surface area contributed by atoms with Crippen molar-refractivity contribution in [3.63, 3.8) is 0 Å². The van der Waals surface area contributed by atoms with Crippen LogP contribution in [0.4, 0.5) is 11.6 Å². The third-order valence-electron chi connectivity index (χ3n) is 5.11. The normalized spacial score (nSPS) is 10.7. The van der Waals surface area contributed by atoms with E-state index in [2.05, 4.69) is 53.9 Å². The summed E-state index contributed by atoms with van der Waals surface area (Å²) in [6.07, 6.45) is 3.55. The number of H-pyrrole nitrogens is 1. The summed E-state index contributed by atoms with van der Waals surface area (Å²) in [5.74, 6) is 1.32. The van der Waals surface area contributed by atoms with E-state index in [0.29, 0.717) is 34.3 Å². The Morgan fingerprint density at radius 3 is 2.36 bits per heavy atom. The second kappa shape index (κ2) is 8.36. The van der Waals surface area contributed by atoms with Gasteiger partial charge in [-0.1, -0.05) is 5.21 Å². The maximum absolute atomic E-state index is 8.98. The molecule has 3 heterocycles. The van der Waals surface area contributed by atoms with Gasteiger partial charge >= 0.3 is 0 Å². The molecule has 5 aromatic rings. The molecule has 0 radical (unpaired) electrons. The van der Waals surface area contributed by atoms with Crippen LogP contribution < -0.4 is 10.1 Å². The van der Waals surface area contributed by atoms with E-state index < -0.39 is 0 Å². The number of benzene rings is 2. The molecule has 3 aromatic heterocycles. The van der Waals surface area contributed by atoms with E-state index in [-0.39, 0.29) is 0 Å². The molecule has 33 heavy (non-hydrogen) atoms. The average Bonchev–Trinajstić information content (AvgIpc) is 3.31. The van der Waals surface area contributed by atoms with Crippen molar-refractivity contribution in [3.8, 4) is 28.8 Å². The summed E-state index contributed by atoms with van der Waals surface area (Å²) in [5.41, 5.74) is 6.26. The average molecular weight is 434 g/mol. The lowest BCUT2D eigenvalue weighted by atomic mass is 10.0. The maximum atomic E-state index is 8.98. The number of aromatic nitrogens is 6. The van der Waals surface area contributed by atoms with Gasteiger partial charge in [0.05, 0.1) is 11.6 Å². The zero-order chi connectivity index (χ0) is 22.8. The molecule has 0 saturated carbocycles. The fourth-order valence-electron chi connectivity index (χ4n) is 3.53. The number of nitriles is 1. The quantitative estimate of drug-likeness (QED) is 0.403. The van der Waals surface area contributed by atoms with Crippen molar-refractivity contribution in [2.75, 3.05) is 5.32 Å². The summed E-state index contributed by atoms with van der Waals surface area (Å²) < 4.78 is 6.26.